The van der Waals surface area contributed by atoms with Crippen LogP contribution in [-0.2, 0) is 10.2 Å². The van der Waals surface area contributed by atoms with Gasteiger partial charge in [-0.25, -0.2) is 4.39 Å². The summed E-state index contributed by atoms with van der Waals surface area (Å²) in [5.74, 6) is -0.218. The van der Waals surface area contributed by atoms with Crippen molar-refractivity contribution < 1.29 is 9.13 Å². The van der Waals surface area contributed by atoms with Crippen LogP contribution in [0.3, 0.4) is 0 Å². The topological polar surface area (TPSA) is 21.3 Å². The lowest BCUT2D eigenvalue weighted by Crippen LogP contribution is -2.39. The molecule has 4 heteroatoms. The van der Waals surface area contributed by atoms with Crippen LogP contribution in [0.25, 0.3) is 0 Å². The van der Waals surface area contributed by atoms with E-state index in [0.29, 0.717) is 23.7 Å². The number of benzene rings is 1. The highest BCUT2D eigenvalue weighted by molar-refractivity contribution is 6.31. The Balaban J connectivity index is 2.97. The maximum atomic E-state index is 14.2. The Labute approximate surface area is 120 Å². The second-order valence-corrected chi connectivity index (χ2v) is 5.16. The molecule has 0 saturated carbocycles. The van der Waals surface area contributed by atoms with Gasteiger partial charge < -0.3 is 10.1 Å². The number of hydrogen-bond acceptors (Lipinski definition) is 2. The summed E-state index contributed by atoms with van der Waals surface area (Å²) in [5, 5.41) is 3.84. The molecule has 0 bridgehead atoms. The Morgan fingerprint density at radius 1 is 1.32 bits per heavy atom. The van der Waals surface area contributed by atoms with E-state index < -0.39 is 0 Å². The van der Waals surface area contributed by atoms with Gasteiger partial charge in [-0.15, -0.1) is 0 Å². The van der Waals surface area contributed by atoms with Crippen molar-refractivity contribution in [3.05, 3.63) is 34.6 Å². The van der Waals surface area contributed by atoms with E-state index in [1.54, 1.807) is 19.2 Å². The summed E-state index contributed by atoms with van der Waals surface area (Å²) in [5.41, 5.74) is 0.363. The van der Waals surface area contributed by atoms with Gasteiger partial charge in [0.25, 0.3) is 0 Å². The van der Waals surface area contributed by atoms with Gasteiger partial charge in [0, 0.05) is 36.2 Å². The SMILES string of the molecule is CCC(CC)(CNCCOC)c1c(F)cccc1Cl. The molecule has 0 fully saturated rings. The summed E-state index contributed by atoms with van der Waals surface area (Å²) in [7, 11) is 1.67. The minimum atomic E-state index is -0.268. The number of rotatable bonds is 8. The van der Waals surface area contributed by atoms with Gasteiger partial charge in [0.1, 0.15) is 5.82 Å². The highest BCUT2D eigenvalue weighted by Crippen LogP contribution is 2.37. The standard InChI is InChI=1S/C15H23ClFNO/c1-4-15(5-2,11-18-9-10-19-3)14-12(16)7-6-8-13(14)17/h6-8,18H,4-5,9-11H2,1-3H3. The Kier molecular flexibility index (Phi) is 6.76. The van der Waals surface area contributed by atoms with Crippen molar-refractivity contribution in [2.24, 2.45) is 0 Å². The van der Waals surface area contributed by atoms with Crippen LogP contribution < -0.4 is 5.32 Å². The predicted octanol–water partition coefficient (Wildman–Crippen LogP) is 3.77. The van der Waals surface area contributed by atoms with Gasteiger partial charge in [0.05, 0.1) is 6.61 Å². The van der Waals surface area contributed by atoms with E-state index in [9.17, 15) is 4.39 Å². The number of halogens is 2. The Morgan fingerprint density at radius 2 is 2.00 bits per heavy atom. The lowest BCUT2D eigenvalue weighted by atomic mass is 9.75. The van der Waals surface area contributed by atoms with Crippen molar-refractivity contribution in [1.82, 2.24) is 5.32 Å². The van der Waals surface area contributed by atoms with E-state index in [0.717, 1.165) is 19.4 Å². The first-order valence-electron chi connectivity index (χ1n) is 6.75. The fraction of sp³-hybridized carbons (Fsp3) is 0.600. The average Bonchev–Trinajstić information content (AvgIpc) is 2.41. The summed E-state index contributed by atoms with van der Waals surface area (Å²) in [6, 6.07) is 4.89. The number of ether oxygens (including phenoxy) is 1. The zero-order valence-corrected chi connectivity index (χ0v) is 12.7. The molecular weight excluding hydrogens is 265 g/mol. The van der Waals surface area contributed by atoms with Crippen LogP contribution in [0.5, 0.6) is 0 Å². The van der Waals surface area contributed by atoms with Gasteiger partial charge in [0.2, 0.25) is 0 Å². The fourth-order valence-corrected chi connectivity index (χ4v) is 2.81. The molecule has 1 N–H and O–H groups in total. The molecule has 0 aliphatic carbocycles. The second kappa shape index (κ2) is 7.83. The van der Waals surface area contributed by atoms with Gasteiger partial charge in [-0.05, 0) is 25.0 Å². The molecule has 0 spiro atoms. The molecular formula is C15H23ClFNO. The number of hydrogen-bond donors (Lipinski definition) is 1. The van der Waals surface area contributed by atoms with Crippen LogP contribution in [-0.4, -0.2) is 26.8 Å². The van der Waals surface area contributed by atoms with Gasteiger partial charge in [-0.3, -0.25) is 0 Å². The van der Waals surface area contributed by atoms with Gasteiger partial charge in [-0.2, -0.15) is 0 Å². The van der Waals surface area contributed by atoms with E-state index in [2.05, 4.69) is 19.2 Å². The molecule has 1 aromatic carbocycles. The molecule has 0 amide bonds. The van der Waals surface area contributed by atoms with Gasteiger partial charge in [0.15, 0.2) is 0 Å². The van der Waals surface area contributed by atoms with Crippen molar-refractivity contribution in [2.75, 3.05) is 26.8 Å². The maximum Gasteiger partial charge on any atom is 0.128 e. The van der Waals surface area contributed by atoms with E-state index in [-0.39, 0.29) is 11.2 Å². The van der Waals surface area contributed by atoms with E-state index in [4.69, 9.17) is 16.3 Å². The van der Waals surface area contributed by atoms with E-state index in [1.165, 1.54) is 6.07 Å². The van der Waals surface area contributed by atoms with Crippen molar-refractivity contribution in [2.45, 2.75) is 32.1 Å². The molecule has 1 rings (SSSR count). The molecule has 108 valence electrons. The molecule has 0 atom stereocenters. The monoisotopic (exact) mass is 287 g/mol. The molecule has 0 radical (unpaired) electrons. The Hall–Kier alpha value is -0.640. The minimum absolute atomic E-state index is 0.218. The van der Waals surface area contributed by atoms with Crippen LogP contribution in [0, 0.1) is 5.82 Å². The van der Waals surface area contributed by atoms with E-state index >= 15 is 0 Å². The van der Waals surface area contributed by atoms with Crippen molar-refractivity contribution >= 4 is 11.6 Å². The van der Waals surface area contributed by atoms with Crippen molar-refractivity contribution in [1.29, 1.82) is 0 Å². The van der Waals surface area contributed by atoms with Crippen LogP contribution in [0.1, 0.15) is 32.3 Å². The molecule has 2 nitrogen and oxygen atoms in total. The first-order chi connectivity index (χ1) is 9.11. The second-order valence-electron chi connectivity index (χ2n) is 4.75. The first kappa shape index (κ1) is 16.4. The molecule has 0 heterocycles. The molecule has 1 aromatic rings. The molecule has 19 heavy (non-hydrogen) atoms. The third kappa shape index (κ3) is 3.91. The third-order valence-corrected chi connectivity index (χ3v) is 4.11. The van der Waals surface area contributed by atoms with Crippen LogP contribution in [0.4, 0.5) is 4.39 Å². The molecule has 0 aliphatic rings. The van der Waals surface area contributed by atoms with Gasteiger partial charge in [-0.1, -0.05) is 31.5 Å². The number of nitrogens with one attached hydrogen (secondary N) is 1. The number of methoxy groups -OCH3 is 1. The van der Waals surface area contributed by atoms with Crippen LogP contribution >= 0.6 is 11.6 Å². The summed E-state index contributed by atoms with van der Waals surface area (Å²) in [6.45, 7) is 6.25. The summed E-state index contributed by atoms with van der Waals surface area (Å²) in [4.78, 5) is 0. The fourth-order valence-electron chi connectivity index (χ4n) is 2.45. The molecule has 0 saturated heterocycles. The largest absolute Gasteiger partial charge is 0.383 e. The molecule has 0 aliphatic heterocycles. The van der Waals surface area contributed by atoms with E-state index in [1.807, 2.05) is 0 Å². The maximum absolute atomic E-state index is 14.2. The average molecular weight is 288 g/mol. The summed E-state index contributed by atoms with van der Waals surface area (Å²) in [6.07, 6.45) is 1.67. The highest BCUT2D eigenvalue weighted by Gasteiger charge is 2.32. The van der Waals surface area contributed by atoms with Crippen LogP contribution in [0.15, 0.2) is 18.2 Å². The minimum Gasteiger partial charge on any atom is -0.383 e. The van der Waals surface area contributed by atoms with Gasteiger partial charge >= 0.3 is 0 Å². The summed E-state index contributed by atoms with van der Waals surface area (Å²) < 4.78 is 19.2. The van der Waals surface area contributed by atoms with Crippen molar-refractivity contribution in [3.63, 3.8) is 0 Å². The zero-order valence-electron chi connectivity index (χ0n) is 11.9. The summed E-state index contributed by atoms with van der Waals surface area (Å²) >= 11 is 6.22. The lowest BCUT2D eigenvalue weighted by Gasteiger charge is -2.33. The Morgan fingerprint density at radius 3 is 2.53 bits per heavy atom. The normalized spacial score (nSPS) is 11.8. The highest BCUT2D eigenvalue weighted by atomic mass is 35.5. The lowest BCUT2D eigenvalue weighted by molar-refractivity contribution is 0.195. The first-order valence-corrected chi connectivity index (χ1v) is 7.13. The third-order valence-electron chi connectivity index (χ3n) is 3.79. The van der Waals surface area contributed by atoms with Crippen LogP contribution in [0.2, 0.25) is 5.02 Å². The predicted molar refractivity (Wildman–Crippen MR) is 78.4 cm³/mol. The quantitative estimate of drug-likeness (QED) is 0.735. The molecule has 0 unspecified atom stereocenters. The smallest absolute Gasteiger partial charge is 0.128 e. The van der Waals surface area contributed by atoms with Crippen molar-refractivity contribution in [3.8, 4) is 0 Å². The zero-order chi connectivity index (χ0) is 14.3. The Bertz CT molecular complexity index is 373. The molecule has 0 aromatic heterocycles.